The van der Waals surface area contributed by atoms with Gasteiger partial charge in [-0.1, -0.05) is 11.6 Å². The first-order chi connectivity index (χ1) is 6.20. The van der Waals surface area contributed by atoms with Crippen molar-refractivity contribution in [3.8, 4) is 0 Å². The second-order valence-electron chi connectivity index (χ2n) is 2.67. The summed E-state index contributed by atoms with van der Waals surface area (Å²) < 4.78 is 1.09. The zero-order valence-corrected chi connectivity index (χ0v) is 9.56. The average Bonchev–Trinajstić information content (AvgIpc) is 2.47. The number of halogens is 2. The van der Waals surface area contributed by atoms with Crippen molar-refractivity contribution >= 4 is 45.2 Å². The molecule has 0 atom stereocenters. The molecule has 3 N–H and O–H groups in total. The van der Waals surface area contributed by atoms with Crippen molar-refractivity contribution in [3.63, 3.8) is 0 Å². The van der Waals surface area contributed by atoms with Crippen molar-refractivity contribution in [1.29, 1.82) is 0 Å². The average molecular weight is 308 g/mol. The van der Waals surface area contributed by atoms with Gasteiger partial charge < -0.3 is 10.7 Å². The number of fused-ring (bicyclic) bond motifs is 1. The van der Waals surface area contributed by atoms with Crippen LogP contribution in [-0.4, -0.2) is 9.97 Å². The van der Waals surface area contributed by atoms with E-state index in [-0.39, 0.29) is 0 Å². The molecule has 0 aliphatic rings. The normalized spacial score (nSPS) is 11.0. The van der Waals surface area contributed by atoms with Crippen molar-refractivity contribution in [2.45, 2.75) is 6.54 Å². The van der Waals surface area contributed by atoms with Gasteiger partial charge in [0.2, 0.25) is 0 Å². The molecule has 0 aliphatic carbocycles. The number of nitrogens with zero attached hydrogens (tertiary/aromatic N) is 1. The fourth-order valence-corrected chi connectivity index (χ4v) is 2.26. The molecule has 0 aliphatic heterocycles. The van der Waals surface area contributed by atoms with Crippen LogP contribution in [0.1, 0.15) is 5.82 Å². The minimum Gasteiger partial charge on any atom is -0.341 e. The Balaban J connectivity index is 2.75. The van der Waals surface area contributed by atoms with Gasteiger partial charge in [0, 0.05) is 3.57 Å². The second kappa shape index (κ2) is 3.43. The Kier molecular flexibility index (Phi) is 2.44. The molecule has 3 nitrogen and oxygen atoms in total. The number of hydrogen-bond acceptors (Lipinski definition) is 2. The largest absolute Gasteiger partial charge is 0.341 e. The third kappa shape index (κ3) is 1.66. The first kappa shape index (κ1) is 9.23. The number of imidazole rings is 1. The lowest BCUT2D eigenvalue weighted by atomic mass is 10.3. The van der Waals surface area contributed by atoms with Gasteiger partial charge in [0.05, 0.1) is 17.1 Å². The van der Waals surface area contributed by atoms with Crippen LogP contribution in [0.4, 0.5) is 0 Å². The number of nitrogens with one attached hydrogen (secondary N) is 1. The van der Waals surface area contributed by atoms with Crippen LogP contribution in [0.5, 0.6) is 0 Å². The predicted molar refractivity (Wildman–Crippen MR) is 61.7 cm³/mol. The Bertz CT molecular complexity index is 452. The fourth-order valence-electron chi connectivity index (χ4n) is 1.19. The summed E-state index contributed by atoms with van der Waals surface area (Å²) in [5, 5.41) is 0.665. The third-order valence-electron chi connectivity index (χ3n) is 1.75. The summed E-state index contributed by atoms with van der Waals surface area (Å²) in [6.07, 6.45) is 0. The number of aromatic nitrogens is 2. The van der Waals surface area contributed by atoms with E-state index < -0.39 is 0 Å². The van der Waals surface area contributed by atoms with E-state index >= 15 is 0 Å². The van der Waals surface area contributed by atoms with E-state index in [1.807, 2.05) is 12.1 Å². The fraction of sp³-hybridized carbons (Fsp3) is 0.125. The lowest BCUT2D eigenvalue weighted by Gasteiger charge is -1.92. The van der Waals surface area contributed by atoms with Gasteiger partial charge in [-0.2, -0.15) is 0 Å². The molecule has 1 heterocycles. The van der Waals surface area contributed by atoms with E-state index in [2.05, 4.69) is 32.6 Å². The third-order valence-corrected chi connectivity index (χ3v) is 2.66. The minimum absolute atomic E-state index is 0.404. The van der Waals surface area contributed by atoms with Gasteiger partial charge >= 0.3 is 0 Å². The highest BCUT2D eigenvalue weighted by atomic mass is 127. The first-order valence-electron chi connectivity index (χ1n) is 3.74. The highest BCUT2D eigenvalue weighted by Crippen LogP contribution is 2.24. The van der Waals surface area contributed by atoms with Gasteiger partial charge in [0.25, 0.3) is 0 Å². The topological polar surface area (TPSA) is 54.7 Å². The van der Waals surface area contributed by atoms with Crippen LogP contribution in [0.3, 0.4) is 0 Å². The number of hydrogen-bond donors (Lipinski definition) is 2. The Hall–Kier alpha value is -0.330. The maximum atomic E-state index is 6.00. The Morgan fingerprint density at radius 1 is 1.54 bits per heavy atom. The van der Waals surface area contributed by atoms with Crippen molar-refractivity contribution in [2.24, 2.45) is 5.73 Å². The highest BCUT2D eigenvalue weighted by Gasteiger charge is 2.05. The van der Waals surface area contributed by atoms with Crippen LogP contribution in [-0.2, 0) is 6.54 Å². The van der Waals surface area contributed by atoms with Gasteiger partial charge in [0.1, 0.15) is 11.3 Å². The highest BCUT2D eigenvalue weighted by molar-refractivity contribution is 14.1. The molecule has 0 saturated heterocycles. The standard InChI is InChI=1S/C8H7ClIN3/c9-5-1-4(10)2-6-8(5)13-7(3-11)12-6/h1-2H,3,11H2,(H,12,13). The number of nitrogens with two attached hydrogens (primary N) is 1. The molecule has 5 heteroatoms. The SMILES string of the molecule is NCc1nc2c(Cl)cc(I)cc2[nH]1. The molecular formula is C8H7ClIN3. The molecule has 0 radical (unpaired) electrons. The van der Waals surface area contributed by atoms with Crippen LogP contribution in [0.2, 0.25) is 5.02 Å². The van der Waals surface area contributed by atoms with Crippen molar-refractivity contribution in [3.05, 3.63) is 26.5 Å². The number of aromatic amines is 1. The van der Waals surface area contributed by atoms with Crippen LogP contribution in [0.25, 0.3) is 11.0 Å². The molecule has 0 spiro atoms. The Morgan fingerprint density at radius 3 is 3.00 bits per heavy atom. The zero-order valence-electron chi connectivity index (χ0n) is 6.64. The van der Waals surface area contributed by atoms with Crippen molar-refractivity contribution in [1.82, 2.24) is 9.97 Å². The van der Waals surface area contributed by atoms with Gasteiger partial charge in [-0.3, -0.25) is 0 Å². The van der Waals surface area contributed by atoms with E-state index in [1.165, 1.54) is 0 Å². The summed E-state index contributed by atoms with van der Waals surface area (Å²) in [6, 6.07) is 3.87. The smallest absolute Gasteiger partial charge is 0.121 e. The summed E-state index contributed by atoms with van der Waals surface area (Å²) in [7, 11) is 0. The van der Waals surface area contributed by atoms with Gasteiger partial charge in [-0.15, -0.1) is 0 Å². The molecule has 0 amide bonds. The minimum atomic E-state index is 0.404. The summed E-state index contributed by atoms with van der Waals surface area (Å²) >= 11 is 8.22. The van der Waals surface area contributed by atoms with E-state index in [1.54, 1.807) is 0 Å². The van der Waals surface area contributed by atoms with Crippen LogP contribution in [0.15, 0.2) is 12.1 Å². The molecular weight excluding hydrogens is 300 g/mol. The van der Waals surface area contributed by atoms with Gasteiger partial charge in [-0.25, -0.2) is 4.98 Å². The summed E-state index contributed by atoms with van der Waals surface area (Å²) in [6.45, 7) is 0.404. The van der Waals surface area contributed by atoms with Crippen LogP contribution < -0.4 is 5.73 Å². The van der Waals surface area contributed by atoms with Gasteiger partial charge in [0.15, 0.2) is 0 Å². The van der Waals surface area contributed by atoms with Crippen LogP contribution in [0, 0.1) is 3.57 Å². The molecule has 2 aromatic rings. The molecule has 2 rings (SSSR count). The summed E-state index contributed by atoms with van der Waals surface area (Å²) in [5.74, 6) is 0.763. The molecule has 68 valence electrons. The second-order valence-corrected chi connectivity index (χ2v) is 4.32. The van der Waals surface area contributed by atoms with Crippen LogP contribution >= 0.6 is 34.2 Å². The zero-order chi connectivity index (χ0) is 9.42. The quantitative estimate of drug-likeness (QED) is 0.794. The van der Waals surface area contributed by atoms with E-state index in [0.717, 1.165) is 20.4 Å². The Labute approximate surface area is 93.8 Å². The number of H-pyrrole nitrogens is 1. The maximum absolute atomic E-state index is 6.00. The molecule has 0 fully saturated rings. The number of benzene rings is 1. The predicted octanol–water partition coefficient (Wildman–Crippen LogP) is 2.28. The van der Waals surface area contributed by atoms with E-state index in [0.29, 0.717) is 11.6 Å². The lowest BCUT2D eigenvalue weighted by molar-refractivity contribution is 0.958. The summed E-state index contributed by atoms with van der Waals surface area (Å²) in [5.41, 5.74) is 7.20. The van der Waals surface area contributed by atoms with E-state index in [4.69, 9.17) is 17.3 Å². The molecule has 13 heavy (non-hydrogen) atoms. The number of rotatable bonds is 1. The molecule has 0 unspecified atom stereocenters. The van der Waals surface area contributed by atoms with E-state index in [9.17, 15) is 0 Å². The maximum Gasteiger partial charge on any atom is 0.121 e. The van der Waals surface area contributed by atoms with Crippen molar-refractivity contribution in [2.75, 3.05) is 0 Å². The molecule has 1 aromatic heterocycles. The Morgan fingerprint density at radius 2 is 2.31 bits per heavy atom. The van der Waals surface area contributed by atoms with Gasteiger partial charge in [-0.05, 0) is 34.7 Å². The monoisotopic (exact) mass is 307 g/mol. The van der Waals surface area contributed by atoms with Crippen molar-refractivity contribution < 1.29 is 0 Å². The summed E-state index contributed by atoms with van der Waals surface area (Å²) in [4.78, 5) is 7.36. The lowest BCUT2D eigenvalue weighted by Crippen LogP contribution is -1.97. The first-order valence-corrected chi connectivity index (χ1v) is 5.20. The molecule has 1 aromatic carbocycles. The molecule has 0 bridgehead atoms. The molecule has 0 saturated carbocycles.